The topological polar surface area (TPSA) is 84.2 Å². The standard InChI is InChI=1S/C18H20FN3O2S/c1-10-7-15(22-17(23)12-3-2-4-13(19)8-12)25-16(10)18(24)21-14(9-20)11-5-6-11/h2-4,7-8,11,14H,5-6,9,20H2,1H3,(H,21,24)(H,22,23). The third-order valence-electron chi connectivity index (χ3n) is 4.21. The van der Waals surface area contributed by atoms with Gasteiger partial charge in [0.2, 0.25) is 0 Å². The molecule has 7 heteroatoms. The first-order valence-corrected chi connectivity index (χ1v) is 8.98. The summed E-state index contributed by atoms with van der Waals surface area (Å²) in [6, 6.07) is 7.21. The van der Waals surface area contributed by atoms with Gasteiger partial charge in [-0.25, -0.2) is 4.39 Å². The third kappa shape index (κ3) is 4.24. The van der Waals surface area contributed by atoms with Crippen molar-refractivity contribution in [3.63, 3.8) is 0 Å². The summed E-state index contributed by atoms with van der Waals surface area (Å²) in [6.45, 7) is 2.24. The van der Waals surface area contributed by atoms with Gasteiger partial charge in [0.25, 0.3) is 11.8 Å². The van der Waals surface area contributed by atoms with Gasteiger partial charge in [0, 0.05) is 18.2 Å². The van der Waals surface area contributed by atoms with Crippen molar-refractivity contribution in [3.05, 3.63) is 52.2 Å². The highest BCUT2D eigenvalue weighted by Crippen LogP contribution is 2.33. The van der Waals surface area contributed by atoms with Crippen LogP contribution in [-0.2, 0) is 0 Å². The molecule has 0 spiro atoms. The van der Waals surface area contributed by atoms with Gasteiger partial charge in [-0.05, 0) is 55.5 Å². The lowest BCUT2D eigenvalue weighted by Gasteiger charge is -2.15. The molecule has 1 heterocycles. The molecule has 132 valence electrons. The quantitative estimate of drug-likeness (QED) is 0.740. The fraction of sp³-hybridized carbons (Fsp3) is 0.333. The molecular formula is C18H20FN3O2S. The molecule has 1 aliphatic rings. The number of carbonyl (C=O) groups is 2. The van der Waals surface area contributed by atoms with E-state index < -0.39 is 11.7 Å². The number of thiophene rings is 1. The highest BCUT2D eigenvalue weighted by Gasteiger charge is 2.32. The Kier molecular flexibility index (Phi) is 5.15. The van der Waals surface area contributed by atoms with Gasteiger partial charge >= 0.3 is 0 Å². The van der Waals surface area contributed by atoms with Crippen molar-refractivity contribution in [3.8, 4) is 0 Å². The van der Waals surface area contributed by atoms with E-state index >= 15 is 0 Å². The minimum atomic E-state index is -0.469. The van der Waals surface area contributed by atoms with Gasteiger partial charge in [-0.2, -0.15) is 0 Å². The molecule has 2 amide bonds. The van der Waals surface area contributed by atoms with E-state index in [0.29, 0.717) is 22.3 Å². The van der Waals surface area contributed by atoms with Gasteiger partial charge in [-0.1, -0.05) is 6.07 Å². The molecular weight excluding hydrogens is 341 g/mol. The van der Waals surface area contributed by atoms with Gasteiger partial charge in [-0.15, -0.1) is 11.3 Å². The molecule has 1 aromatic carbocycles. The summed E-state index contributed by atoms with van der Waals surface area (Å²) in [5.41, 5.74) is 6.74. The minimum absolute atomic E-state index is 0.000616. The van der Waals surface area contributed by atoms with Crippen LogP contribution in [0.15, 0.2) is 30.3 Å². The van der Waals surface area contributed by atoms with E-state index in [1.807, 2.05) is 6.92 Å². The van der Waals surface area contributed by atoms with Crippen LogP contribution in [0.1, 0.15) is 38.4 Å². The molecule has 4 N–H and O–H groups in total. The molecule has 3 rings (SSSR count). The molecule has 1 aromatic heterocycles. The summed E-state index contributed by atoms with van der Waals surface area (Å²) in [4.78, 5) is 25.2. The van der Waals surface area contributed by atoms with Crippen LogP contribution in [0.3, 0.4) is 0 Å². The zero-order chi connectivity index (χ0) is 18.0. The Morgan fingerprint density at radius 1 is 1.32 bits per heavy atom. The Morgan fingerprint density at radius 3 is 2.72 bits per heavy atom. The first-order valence-electron chi connectivity index (χ1n) is 8.16. The Bertz CT molecular complexity index is 801. The van der Waals surface area contributed by atoms with Crippen LogP contribution in [-0.4, -0.2) is 24.4 Å². The molecule has 25 heavy (non-hydrogen) atoms. The number of carbonyl (C=O) groups excluding carboxylic acids is 2. The lowest BCUT2D eigenvalue weighted by Crippen LogP contribution is -2.41. The number of hydrogen-bond donors (Lipinski definition) is 3. The van der Waals surface area contributed by atoms with Crippen molar-refractivity contribution in [2.24, 2.45) is 11.7 Å². The summed E-state index contributed by atoms with van der Waals surface area (Å²) in [7, 11) is 0. The number of benzene rings is 1. The van der Waals surface area contributed by atoms with E-state index in [4.69, 9.17) is 5.73 Å². The van der Waals surface area contributed by atoms with Crippen LogP contribution in [0.25, 0.3) is 0 Å². The molecule has 1 saturated carbocycles. The van der Waals surface area contributed by atoms with Gasteiger partial charge in [0.15, 0.2) is 0 Å². The maximum atomic E-state index is 13.2. The number of rotatable bonds is 6. The van der Waals surface area contributed by atoms with Crippen LogP contribution in [0.4, 0.5) is 9.39 Å². The summed E-state index contributed by atoms with van der Waals surface area (Å²) >= 11 is 1.20. The lowest BCUT2D eigenvalue weighted by molar-refractivity contribution is 0.0936. The fourth-order valence-electron chi connectivity index (χ4n) is 2.68. The Labute approximate surface area is 149 Å². The predicted octanol–water partition coefficient (Wildman–Crippen LogP) is 2.92. The van der Waals surface area contributed by atoms with E-state index in [9.17, 15) is 14.0 Å². The highest BCUT2D eigenvalue weighted by molar-refractivity contribution is 7.18. The predicted molar refractivity (Wildman–Crippen MR) is 96.4 cm³/mol. The van der Waals surface area contributed by atoms with Crippen molar-refractivity contribution in [1.29, 1.82) is 0 Å². The summed E-state index contributed by atoms with van der Waals surface area (Å²) in [5.74, 6) is -0.578. The number of hydrogen-bond acceptors (Lipinski definition) is 4. The minimum Gasteiger partial charge on any atom is -0.347 e. The van der Waals surface area contributed by atoms with E-state index in [2.05, 4.69) is 10.6 Å². The zero-order valence-electron chi connectivity index (χ0n) is 13.8. The van der Waals surface area contributed by atoms with Gasteiger partial charge in [-0.3, -0.25) is 9.59 Å². The van der Waals surface area contributed by atoms with Crippen LogP contribution in [0.2, 0.25) is 0 Å². The Balaban J connectivity index is 1.69. The van der Waals surface area contributed by atoms with Gasteiger partial charge in [0.1, 0.15) is 5.82 Å². The van der Waals surface area contributed by atoms with E-state index in [-0.39, 0.29) is 17.5 Å². The molecule has 0 bridgehead atoms. The molecule has 5 nitrogen and oxygen atoms in total. The number of halogens is 1. The van der Waals surface area contributed by atoms with Gasteiger partial charge in [0.05, 0.1) is 9.88 Å². The summed E-state index contributed by atoms with van der Waals surface area (Å²) < 4.78 is 13.2. The van der Waals surface area contributed by atoms with Crippen molar-refractivity contribution < 1.29 is 14.0 Å². The highest BCUT2D eigenvalue weighted by atomic mass is 32.1. The number of aryl methyl sites for hydroxylation is 1. The number of nitrogens with two attached hydrogens (primary N) is 1. The molecule has 2 aromatic rings. The fourth-order valence-corrected chi connectivity index (χ4v) is 3.66. The molecule has 1 aliphatic carbocycles. The molecule has 0 saturated heterocycles. The zero-order valence-corrected chi connectivity index (χ0v) is 14.7. The van der Waals surface area contributed by atoms with Crippen LogP contribution in [0.5, 0.6) is 0 Å². The monoisotopic (exact) mass is 361 g/mol. The SMILES string of the molecule is Cc1cc(NC(=O)c2cccc(F)c2)sc1C(=O)NC(CN)C1CC1. The molecule has 0 aliphatic heterocycles. The Morgan fingerprint density at radius 2 is 2.08 bits per heavy atom. The van der Waals surface area contributed by atoms with Crippen LogP contribution < -0.4 is 16.4 Å². The smallest absolute Gasteiger partial charge is 0.261 e. The molecule has 0 radical (unpaired) electrons. The van der Waals surface area contributed by atoms with E-state index in [1.54, 1.807) is 6.07 Å². The van der Waals surface area contributed by atoms with Gasteiger partial charge < -0.3 is 16.4 Å². The summed E-state index contributed by atoms with van der Waals surface area (Å²) in [5, 5.41) is 6.24. The second kappa shape index (κ2) is 7.33. The number of nitrogens with one attached hydrogen (secondary N) is 2. The largest absolute Gasteiger partial charge is 0.347 e. The molecule has 1 atom stereocenters. The maximum absolute atomic E-state index is 13.2. The van der Waals surface area contributed by atoms with E-state index in [1.165, 1.54) is 35.6 Å². The summed E-state index contributed by atoms with van der Waals surface area (Å²) in [6.07, 6.45) is 2.20. The van der Waals surface area contributed by atoms with E-state index in [0.717, 1.165) is 18.4 Å². The average Bonchev–Trinajstić information content (AvgIpc) is 3.35. The van der Waals surface area contributed by atoms with Crippen LogP contribution in [0, 0.1) is 18.7 Å². The lowest BCUT2D eigenvalue weighted by atomic mass is 10.2. The second-order valence-corrected chi connectivity index (χ2v) is 7.29. The first kappa shape index (κ1) is 17.6. The van der Waals surface area contributed by atoms with Crippen molar-refractivity contribution in [1.82, 2.24) is 5.32 Å². The second-order valence-electron chi connectivity index (χ2n) is 6.24. The molecule has 1 fully saturated rings. The Hall–Kier alpha value is -2.25. The van der Waals surface area contributed by atoms with Crippen molar-refractivity contribution >= 4 is 28.2 Å². The first-order chi connectivity index (χ1) is 12.0. The number of anilines is 1. The average molecular weight is 361 g/mol. The normalized spacial score (nSPS) is 14.8. The van der Waals surface area contributed by atoms with Crippen molar-refractivity contribution in [2.75, 3.05) is 11.9 Å². The van der Waals surface area contributed by atoms with Crippen LogP contribution >= 0.6 is 11.3 Å². The number of amides is 2. The third-order valence-corrected chi connectivity index (χ3v) is 5.36. The maximum Gasteiger partial charge on any atom is 0.261 e. The molecule has 1 unspecified atom stereocenters. The van der Waals surface area contributed by atoms with Crippen molar-refractivity contribution in [2.45, 2.75) is 25.8 Å².